The number of nitrogens with one attached hydrogen (secondary N) is 1. The largest absolute Gasteiger partial charge is 0.502 e. The van der Waals surface area contributed by atoms with E-state index < -0.39 is 0 Å². The molecule has 5 heteroatoms. The number of methoxy groups -OCH3 is 2. The van der Waals surface area contributed by atoms with Crippen LogP contribution in [0.15, 0.2) is 18.2 Å². The maximum atomic E-state index is 9.81. The molecule has 100 valence electrons. The highest BCUT2D eigenvalue weighted by Crippen LogP contribution is 2.37. The van der Waals surface area contributed by atoms with Crippen molar-refractivity contribution in [2.24, 2.45) is 0 Å². The highest BCUT2D eigenvalue weighted by molar-refractivity contribution is 5.71. The molecular weight excluding hydrogens is 244 g/mol. The van der Waals surface area contributed by atoms with Crippen molar-refractivity contribution < 1.29 is 14.6 Å². The summed E-state index contributed by atoms with van der Waals surface area (Å²) in [7, 11) is 3.00. The van der Waals surface area contributed by atoms with Crippen LogP contribution in [0, 0.1) is 6.92 Å². The van der Waals surface area contributed by atoms with E-state index in [1.54, 1.807) is 12.1 Å². The topological polar surface area (TPSA) is 67.4 Å². The zero-order valence-corrected chi connectivity index (χ0v) is 11.1. The molecule has 0 aliphatic rings. The van der Waals surface area contributed by atoms with Gasteiger partial charge in [-0.1, -0.05) is 6.08 Å². The third-order valence-corrected chi connectivity index (χ3v) is 2.67. The number of ether oxygens (including phenoxy) is 2. The van der Waals surface area contributed by atoms with Gasteiger partial charge in [-0.25, -0.2) is 0 Å². The number of phenols is 1. The van der Waals surface area contributed by atoms with Crippen molar-refractivity contribution in [3.63, 3.8) is 0 Å². The Morgan fingerprint density at radius 3 is 2.21 bits per heavy atom. The van der Waals surface area contributed by atoms with Gasteiger partial charge in [-0.15, -0.1) is 0 Å². The number of hydrogen-bond donors (Lipinski definition) is 2. The molecule has 2 rings (SSSR count). The molecule has 0 spiro atoms. The molecule has 0 radical (unpaired) electrons. The Balaban J connectivity index is 2.32. The second-order valence-corrected chi connectivity index (χ2v) is 4.08. The van der Waals surface area contributed by atoms with E-state index in [9.17, 15) is 5.11 Å². The molecule has 0 amide bonds. The van der Waals surface area contributed by atoms with Crippen LogP contribution in [0.5, 0.6) is 17.2 Å². The van der Waals surface area contributed by atoms with E-state index in [0.717, 1.165) is 17.0 Å². The minimum Gasteiger partial charge on any atom is -0.502 e. The summed E-state index contributed by atoms with van der Waals surface area (Å²) in [5.41, 5.74) is 2.69. The fourth-order valence-corrected chi connectivity index (χ4v) is 1.72. The van der Waals surface area contributed by atoms with Gasteiger partial charge in [0.2, 0.25) is 5.75 Å². The molecule has 0 aliphatic heterocycles. The predicted octanol–water partition coefficient (Wildman–Crippen LogP) is 2.61. The van der Waals surface area contributed by atoms with Crippen molar-refractivity contribution in [3.8, 4) is 17.2 Å². The molecule has 5 nitrogen and oxygen atoms in total. The standard InChI is InChI=1S/C14H16N2O3/c1-9-6-11(16-15-9)5-4-10-7-12(18-2)14(17)13(8-10)19-3/h4-8,17H,1-3H3,(H,15,16). The zero-order chi connectivity index (χ0) is 13.8. The first-order valence-corrected chi connectivity index (χ1v) is 5.79. The number of aromatic hydroxyl groups is 1. The number of H-pyrrole nitrogens is 1. The van der Waals surface area contributed by atoms with Gasteiger partial charge in [0.25, 0.3) is 0 Å². The number of rotatable bonds is 4. The first-order valence-electron chi connectivity index (χ1n) is 5.79. The molecule has 0 bridgehead atoms. The molecule has 0 aliphatic carbocycles. The van der Waals surface area contributed by atoms with Crippen LogP contribution in [-0.2, 0) is 0 Å². The van der Waals surface area contributed by atoms with E-state index in [-0.39, 0.29) is 5.75 Å². The van der Waals surface area contributed by atoms with Gasteiger partial charge in [-0.05, 0) is 36.8 Å². The normalized spacial score (nSPS) is 10.9. The Bertz CT molecular complexity index is 577. The Hall–Kier alpha value is -2.43. The fourth-order valence-electron chi connectivity index (χ4n) is 1.72. The molecule has 1 aromatic heterocycles. The van der Waals surface area contributed by atoms with Gasteiger partial charge in [0.1, 0.15) is 0 Å². The van der Waals surface area contributed by atoms with Gasteiger partial charge < -0.3 is 14.6 Å². The first kappa shape index (κ1) is 13.0. The monoisotopic (exact) mass is 260 g/mol. The van der Waals surface area contributed by atoms with E-state index >= 15 is 0 Å². The van der Waals surface area contributed by atoms with Crippen LogP contribution < -0.4 is 9.47 Å². The quantitative estimate of drug-likeness (QED) is 0.886. The Labute approximate surface area is 111 Å². The summed E-state index contributed by atoms with van der Waals surface area (Å²) in [6.45, 7) is 1.94. The molecule has 19 heavy (non-hydrogen) atoms. The molecular formula is C14H16N2O3. The van der Waals surface area contributed by atoms with Gasteiger partial charge in [0.05, 0.1) is 19.9 Å². The van der Waals surface area contributed by atoms with Gasteiger partial charge in [0, 0.05) is 5.69 Å². The van der Waals surface area contributed by atoms with E-state index in [1.807, 2.05) is 25.1 Å². The summed E-state index contributed by atoms with van der Waals surface area (Å²) in [5.74, 6) is 0.743. The number of aromatic nitrogens is 2. The highest BCUT2D eigenvalue weighted by atomic mass is 16.5. The first-order chi connectivity index (χ1) is 9.13. The number of aromatic amines is 1. The van der Waals surface area contributed by atoms with Gasteiger partial charge in [-0.3, -0.25) is 5.10 Å². The van der Waals surface area contributed by atoms with Crippen LogP contribution in [0.4, 0.5) is 0 Å². The highest BCUT2D eigenvalue weighted by Gasteiger charge is 2.09. The average Bonchev–Trinajstić information content (AvgIpc) is 2.83. The number of benzene rings is 1. The molecule has 0 fully saturated rings. The number of hydrogen-bond acceptors (Lipinski definition) is 4. The molecule has 2 N–H and O–H groups in total. The summed E-state index contributed by atoms with van der Waals surface area (Å²) in [5, 5.41) is 16.8. The number of nitrogens with zero attached hydrogens (tertiary/aromatic N) is 1. The van der Waals surface area contributed by atoms with Crippen LogP contribution in [0.25, 0.3) is 12.2 Å². The van der Waals surface area contributed by atoms with Crippen molar-refractivity contribution >= 4 is 12.2 Å². The minimum absolute atomic E-state index is 0.00207. The zero-order valence-electron chi connectivity index (χ0n) is 11.1. The van der Waals surface area contributed by atoms with Crippen LogP contribution in [0.3, 0.4) is 0 Å². The van der Waals surface area contributed by atoms with Crippen molar-refractivity contribution in [1.82, 2.24) is 10.2 Å². The van der Waals surface area contributed by atoms with Gasteiger partial charge in [-0.2, -0.15) is 5.10 Å². The van der Waals surface area contributed by atoms with Gasteiger partial charge >= 0.3 is 0 Å². The lowest BCUT2D eigenvalue weighted by Crippen LogP contribution is -1.90. The third kappa shape index (κ3) is 2.88. The van der Waals surface area contributed by atoms with Crippen molar-refractivity contribution in [3.05, 3.63) is 35.2 Å². The molecule has 1 heterocycles. The molecule has 0 atom stereocenters. The molecule has 0 saturated heterocycles. The maximum Gasteiger partial charge on any atom is 0.200 e. The summed E-state index contributed by atoms with van der Waals surface area (Å²) < 4.78 is 10.2. The van der Waals surface area contributed by atoms with E-state index in [1.165, 1.54) is 14.2 Å². The smallest absolute Gasteiger partial charge is 0.200 e. The molecule has 0 unspecified atom stereocenters. The van der Waals surface area contributed by atoms with Crippen molar-refractivity contribution in [2.75, 3.05) is 14.2 Å². The van der Waals surface area contributed by atoms with Crippen LogP contribution in [0.2, 0.25) is 0 Å². The fraction of sp³-hybridized carbons (Fsp3) is 0.214. The third-order valence-electron chi connectivity index (χ3n) is 2.67. The van der Waals surface area contributed by atoms with E-state index in [0.29, 0.717) is 11.5 Å². The number of aryl methyl sites for hydroxylation is 1. The lowest BCUT2D eigenvalue weighted by Gasteiger charge is -2.09. The SMILES string of the molecule is COc1cc(C=Cc2cc(C)[nH]n2)cc(OC)c1O. The lowest BCUT2D eigenvalue weighted by atomic mass is 10.1. The maximum absolute atomic E-state index is 9.81. The Morgan fingerprint density at radius 1 is 1.11 bits per heavy atom. The van der Waals surface area contributed by atoms with E-state index in [2.05, 4.69) is 10.2 Å². The Kier molecular flexibility index (Phi) is 3.75. The van der Waals surface area contributed by atoms with Crippen molar-refractivity contribution in [1.29, 1.82) is 0 Å². The lowest BCUT2D eigenvalue weighted by molar-refractivity contribution is 0.340. The van der Waals surface area contributed by atoms with Crippen LogP contribution in [0.1, 0.15) is 17.0 Å². The Morgan fingerprint density at radius 2 is 1.74 bits per heavy atom. The molecule has 1 aromatic carbocycles. The minimum atomic E-state index is -0.00207. The van der Waals surface area contributed by atoms with Gasteiger partial charge in [0.15, 0.2) is 11.5 Å². The summed E-state index contributed by atoms with van der Waals surface area (Å²) in [6.07, 6.45) is 3.74. The second-order valence-electron chi connectivity index (χ2n) is 4.08. The summed E-state index contributed by atoms with van der Waals surface area (Å²) in [6, 6.07) is 5.40. The predicted molar refractivity (Wildman–Crippen MR) is 73.5 cm³/mol. The van der Waals surface area contributed by atoms with Crippen LogP contribution >= 0.6 is 0 Å². The summed E-state index contributed by atoms with van der Waals surface area (Å²) in [4.78, 5) is 0. The molecule has 2 aromatic rings. The summed E-state index contributed by atoms with van der Waals surface area (Å²) >= 11 is 0. The average molecular weight is 260 g/mol. The molecule has 0 saturated carbocycles. The van der Waals surface area contributed by atoms with E-state index in [4.69, 9.17) is 9.47 Å². The second kappa shape index (κ2) is 5.48. The van der Waals surface area contributed by atoms with Crippen LogP contribution in [-0.4, -0.2) is 29.5 Å². The van der Waals surface area contributed by atoms with Crippen molar-refractivity contribution in [2.45, 2.75) is 6.92 Å². The number of phenolic OH excluding ortho intramolecular Hbond substituents is 1.